The van der Waals surface area contributed by atoms with E-state index in [0.29, 0.717) is 18.9 Å². The molecule has 24 heavy (non-hydrogen) atoms. The van der Waals surface area contributed by atoms with E-state index >= 15 is 0 Å². The summed E-state index contributed by atoms with van der Waals surface area (Å²) in [6.07, 6.45) is 4.03. The van der Waals surface area contributed by atoms with Gasteiger partial charge in [0.05, 0.1) is 18.4 Å². The average molecular weight is 329 g/mol. The van der Waals surface area contributed by atoms with Gasteiger partial charge in [0.1, 0.15) is 5.76 Å². The Morgan fingerprint density at radius 2 is 2.17 bits per heavy atom. The molecule has 1 aliphatic heterocycles. The Morgan fingerprint density at radius 1 is 1.38 bits per heavy atom. The van der Waals surface area contributed by atoms with Gasteiger partial charge in [0.25, 0.3) is 0 Å². The molecule has 0 saturated carbocycles. The zero-order valence-electron chi connectivity index (χ0n) is 15.1. The highest BCUT2D eigenvalue weighted by Crippen LogP contribution is 2.22. The Balaban J connectivity index is 1.74. The Labute approximate surface area is 143 Å². The molecule has 0 unspecified atom stereocenters. The van der Waals surface area contributed by atoms with E-state index in [1.165, 1.54) is 0 Å². The Bertz CT molecular complexity index is 727. The van der Waals surface area contributed by atoms with Gasteiger partial charge in [-0.3, -0.25) is 9.48 Å². The van der Waals surface area contributed by atoms with Gasteiger partial charge < -0.3 is 9.32 Å². The minimum atomic E-state index is 0.180. The van der Waals surface area contributed by atoms with E-state index in [9.17, 15) is 4.79 Å². The molecule has 5 heteroatoms. The first kappa shape index (κ1) is 16.8. The lowest BCUT2D eigenvalue weighted by atomic mass is 10.1. The van der Waals surface area contributed by atoms with Crippen LogP contribution in [0, 0.1) is 19.8 Å². The molecule has 130 valence electrons. The third-order valence-electron chi connectivity index (χ3n) is 4.78. The zero-order valence-corrected chi connectivity index (χ0v) is 15.1. The molecular weight excluding hydrogens is 302 g/mol. The van der Waals surface area contributed by atoms with Crippen LogP contribution in [0.4, 0.5) is 0 Å². The number of nitrogens with zero attached hydrogens (tertiary/aromatic N) is 3. The maximum absolute atomic E-state index is 12.8. The second kappa shape index (κ2) is 6.83. The van der Waals surface area contributed by atoms with Gasteiger partial charge in [0.15, 0.2) is 0 Å². The predicted octanol–water partition coefficient (Wildman–Crippen LogP) is 3.27. The van der Waals surface area contributed by atoms with Gasteiger partial charge in [-0.1, -0.05) is 13.8 Å². The lowest BCUT2D eigenvalue weighted by Gasteiger charge is -2.20. The molecule has 0 atom stereocenters. The van der Waals surface area contributed by atoms with Crippen LogP contribution in [0.25, 0.3) is 0 Å². The monoisotopic (exact) mass is 329 g/mol. The minimum Gasteiger partial charge on any atom is -0.469 e. The SMILES string of the molecule is Cc1nn(CC(C)C)c(C)c1CC(=O)N1CCCc2occc2C1. The second-order valence-corrected chi connectivity index (χ2v) is 7.19. The molecule has 0 saturated heterocycles. The molecule has 0 fully saturated rings. The number of rotatable bonds is 4. The van der Waals surface area contributed by atoms with Crippen molar-refractivity contribution in [2.24, 2.45) is 5.92 Å². The maximum Gasteiger partial charge on any atom is 0.227 e. The number of carbonyl (C=O) groups is 1. The van der Waals surface area contributed by atoms with Gasteiger partial charge in [-0.25, -0.2) is 0 Å². The van der Waals surface area contributed by atoms with E-state index in [2.05, 4.69) is 25.9 Å². The molecule has 0 aliphatic carbocycles. The average Bonchev–Trinajstić information content (AvgIpc) is 2.98. The first-order valence-electron chi connectivity index (χ1n) is 8.81. The van der Waals surface area contributed by atoms with Crippen molar-refractivity contribution in [1.82, 2.24) is 14.7 Å². The Hall–Kier alpha value is -2.04. The van der Waals surface area contributed by atoms with E-state index in [1.54, 1.807) is 6.26 Å². The number of aryl methyl sites for hydroxylation is 2. The number of aromatic nitrogens is 2. The maximum atomic E-state index is 12.8. The highest BCUT2D eigenvalue weighted by atomic mass is 16.3. The number of furan rings is 1. The van der Waals surface area contributed by atoms with E-state index in [0.717, 1.165) is 54.2 Å². The van der Waals surface area contributed by atoms with Gasteiger partial charge in [-0.2, -0.15) is 5.10 Å². The van der Waals surface area contributed by atoms with Crippen LogP contribution < -0.4 is 0 Å². The number of carbonyl (C=O) groups excluding carboxylic acids is 1. The van der Waals surface area contributed by atoms with Crippen LogP contribution in [-0.2, 0) is 30.7 Å². The number of hydrogen-bond donors (Lipinski definition) is 0. The van der Waals surface area contributed by atoms with Crippen LogP contribution in [0.5, 0.6) is 0 Å². The topological polar surface area (TPSA) is 51.3 Å². The van der Waals surface area contributed by atoms with Crippen LogP contribution in [0.3, 0.4) is 0 Å². The molecule has 0 spiro atoms. The van der Waals surface area contributed by atoms with Crippen molar-refractivity contribution in [3.05, 3.63) is 40.6 Å². The molecule has 1 amide bonds. The van der Waals surface area contributed by atoms with Crippen molar-refractivity contribution in [3.63, 3.8) is 0 Å². The summed E-state index contributed by atoms with van der Waals surface area (Å²) in [6, 6.07) is 1.98. The molecule has 3 heterocycles. The van der Waals surface area contributed by atoms with Crippen molar-refractivity contribution >= 4 is 5.91 Å². The second-order valence-electron chi connectivity index (χ2n) is 7.19. The van der Waals surface area contributed by atoms with Crippen molar-refractivity contribution in [1.29, 1.82) is 0 Å². The van der Waals surface area contributed by atoms with Crippen LogP contribution in [0.15, 0.2) is 16.7 Å². The molecular formula is C19H27N3O2. The van der Waals surface area contributed by atoms with Gasteiger partial charge in [0, 0.05) is 42.9 Å². The molecule has 0 N–H and O–H groups in total. The molecule has 0 radical (unpaired) electrons. The van der Waals surface area contributed by atoms with Crippen molar-refractivity contribution in [2.45, 2.75) is 60.0 Å². The number of hydrogen-bond acceptors (Lipinski definition) is 3. The summed E-state index contributed by atoms with van der Waals surface area (Å²) in [7, 11) is 0. The molecule has 0 aromatic carbocycles. The first-order valence-corrected chi connectivity index (χ1v) is 8.81. The molecule has 2 aromatic heterocycles. The lowest BCUT2D eigenvalue weighted by Crippen LogP contribution is -2.32. The van der Waals surface area contributed by atoms with E-state index in [-0.39, 0.29) is 5.91 Å². The lowest BCUT2D eigenvalue weighted by molar-refractivity contribution is -0.131. The number of fused-ring (bicyclic) bond motifs is 1. The standard InChI is InChI=1S/C19H27N3O2/c1-13(2)11-22-15(4)17(14(3)20-22)10-19(23)21-8-5-6-18-16(12-21)7-9-24-18/h7,9,13H,5-6,8,10-12H2,1-4H3. The Morgan fingerprint density at radius 3 is 2.92 bits per heavy atom. The van der Waals surface area contributed by atoms with Crippen molar-refractivity contribution in [2.75, 3.05) is 6.54 Å². The minimum absolute atomic E-state index is 0.180. The Kier molecular flexibility index (Phi) is 4.78. The van der Waals surface area contributed by atoms with Gasteiger partial charge in [-0.15, -0.1) is 0 Å². The predicted molar refractivity (Wildman–Crippen MR) is 92.7 cm³/mol. The fraction of sp³-hybridized carbons (Fsp3) is 0.579. The summed E-state index contributed by atoms with van der Waals surface area (Å²) in [4.78, 5) is 14.8. The largest absolute Gasteiger partial charge is 0.469 e. The highest BCUT2D eigenvalue weighted by Gasteiger charge is 2.23. The normalized spacial score (nSPS) is 14.8. The molecule has 0 bridgehead atoms. The van der Waals surface area contributed by atoms with Crippen LogP contribution in [0.2, 0.25) is 0 Å². The summed E-state index contributed by atoms with van der Waals surface area (Å²) in [6.45, 7) is 10.8. The van der Waals surface area contributed by atoms with Crippen molar-refractivity contribution in [3.8, 4) is 0 Å². The summed E-state index contributed by atoms with van der Waals surface area (Å²) in [5.41, 5.74) is 4.32. The van der Waals surface area contributed by atoms with Gasteiger partial charge in [-0.05, 0) is 32.3 Å². The van der Waals surface area contributed by atoms with E-state index in [4.69, 9.17) is 4.42 Å². The van der Waals surface area contributed by atoms with Crippen LogP contribution >= 0.6 is 0 Å². The summed E-state index contributed by atoms with van der Waals surface area (Å²) in [5, 5.41) is 4.63. The smallest absolute Gasteiger partial charge is 0.227 e. The van der Waals surface area contributed by atoms with Crippen LogP contribution in [0.1, 0.15) is 48.5 Å². The number of amides is 1. The van der Waals surface area contributed by atoms with Crippen molar-refractivity contribution < 1.29 is 9.21 Å². The fourth-order valence-electron chi connectivity index (χ4n) is 3.43. The molecule has 3 rings (SSSR count). The summed E-state index contributed by atoms with van der Waals surface area (Å²) in [5.74, 6) is 1.75. The summed E-state index contributed by atoms with van der Waals surface area (Å²) < 4.78 is 7.55. The molecule has 5 nitrogen and oxygen atoms in total. The highest BCUT2D eigenvalue weighted by molar-refractivity contribution is 5.79. The summed E-state index contributed by atoms with van der Waals surface area (Å²) >= 11 is 0. The first-order chi connectivity index (χ1) is 11.5. The van der Waals surface area contributed by atoms with E-state index < -0.39 is 0 Å². The third-order valence-corrected chi connectivity index (χ3v) is 4.78. The molecule has 1 aliphatic rings. The van der Waals surface area contributed by atoms with Gasteiger partial charge >= 0.3 is 0 Å². The zero-order chi connectivity index (χ0) is 17.3. The fourth-order valence-corrected chi connectivity index (χ4v) is 3.43. The third kappa shape index (κ3) is 3.40. The van der Waals surface area contributed by atoms with E-state index in [1.807, 2.05) is 22.6 Å². The van der Waals surface area contributed by atoms with Crippen LogP contribution in [-0.4, -0.2) is 27.1 Å². The quantitative estimate of drug-likeness (QED) is 0.865. The molecule has 2 aromatic rings. The van der Waals surface area contributed by atoms with Gasteiger partial charge in [0.2, 0.25) is 5.91 Å².